The third-order valence-corrected chi connectivity index (χ3v) is 4.87. The molecule has 0 unspecified atom stereocenters. The molecule has 2 aliphatic rings. The lowest BCUT2D eigenvalue weighted by Gasteiger charge is -2.39. The Bertz CT molecular complexity index is 555. The predicted octanol–water partition coefficient (Wildman–Crippen LogP) is 1.08. The summed E-state index contributed by atoms with van der Waals surface area (Å²) in [6, 6.07) is 3.34. The third kappa shape index (κ3) is 4.74. The first-order valence-electron chi connectivity index (χ1n) is 9.12. The number of morpholine rings is 1. The smallest absolute Gasteiger partial charge is 0.289 e. The molecular formula is C18H28N2O5. The molecule has 2 aliphatic heterocycles. The Labute approximate surface area is 148 Å². The van der Waals surface area contributed by atoms with Crippen molar-refractivity contribution >= 4 is 5.91 Å². The topological polar surface area (TPSA) is 75.4 Å². The van der Waals surface area contributed by atoms with Crippen LogP contribution in [0.4, 0.5) is 0 Å². The average Bonchev–Trinajstić information content (AvgIpc) is 3.10. The van der Waals surface area contributed by atoms with Crippen molar-refractivity contribution in [1.82, 2.24) is 9.80 Å². The lowest BCUT2D eigenvalue weighted by atomic mass is 9.89. The fourth-order valence-electron chi connectivity index (χ4n) is 3.71. The molecule has 1 N–H and O–H groups in total. The quantitative estimate of drug-likeness (QED) is 0.826. The van der Waals surface area contributed by atoms with Crippen molar-refractivity contribution in [3.63, 3.8) is 0 Å². The van der Waals surface area contributed by atoms with Gasteiger partial charge in [-0.2, -0.15) is 0 Å². The van der Waals surface area contributed by atoms with E-state index in [1.807, 2.05) is 11.8 Å². The van der Waals surface area contributed by atoms with Gasteiger partial charge in [0.15, 0.2) is 5.76 Å². The molecule has 0 aromatic carbocycles. The zero-order valence-electron chi connectivity index (χ0n) is 14.9. The van der Waals surface area contributed by atoms with Crippen LogP contribution in [0.5, 0.6) is 5.95 Å². The second-order valence-electron chi connectivity index (χ2n) is 6.83. The zero-order valence-corrected chi connectivity index (χ0v) is 14.9. The second-order valence-corrected chi connectivity index (χ2v) is 6.83. The Hall–Kier alpha value is -1.57. The monoisotopic (exact) mass is 352 g/mol. The van der Waals surface area contributed by atoms with E-state index in [0.29, 0.717) is 37.3 Å². The summed E-state index contributed by atoms with van der Waals surface area (Å²) >= 11 is 0. The van der Waals surface area contributed by atoms with Crippen LogP contribution in [0, 0.1) is 11.8 Å². The first kappa shape index (κ1) is 18.2. The highest BCUT2D eigenvalue weighted by Crippen LogP contribution is 2.26. The number of likely N-dealkylation sites (tertiary alicyclic amines) is 1. The first-order valence-corrected chi connectivity index (χ1v) is 9.12. The minimum absolute atomic E-state index is 0.103. The molecule has 2 atom stereocenters. The molecule has 0 radical (unpaired) electrons. The van der Waals surface area contributed by atoms with Crippen LogP contribution in [0.2, 0.25) is 0 Å². The van der Waals surface area contributed by atoms with Crippen molar-refractivity contribution in [1.29, 1.82) is 0 Å². The van der Waals surface area contributed by atoms with E-state index < -0.39 is 0 Å². The van der Waals surface area contributed by atoms with Crippen LogP contribution in [0.1, 0.15) is 23.9 Å². The summed E-state index contributed by atoms with van der Waals surface area (Å²) in [5.74, 6) is 1.01. The SMILES string of the molecule is CCOc1ccc(C(=O)N2C[C@H](CO)C[C@H](CN3CCOCC3)C2)o1. The van der Waals surface area contributed by atoms with Gasteiger partial charge in [0.2, 0.25) is 0 Å². The Morgan fingerprint density at radius 2 is 2.04 bits per heavy atom. The van der Waals surface area contributed by atoms with Gasteiger partial charge in [-0.25, -0.2) is 0 Å². The largest absolute Gasteiger partial charge is 0.465 e. The number of hydrogen-bond acceptors (Lipinski definition) is 6. The van der Waals surface area contributed by atoms with Gasteiger partial charge in [-0.05, 0) is 31.2 Å². The van der Waals surface area contributed by atoms with Crippen LogP contribution in [-0.2, 0) is 4.74 Å². The van der Waals surface area contributed by atoms with E-state index in [9.17, 15) is 9.90 Å². The number of carbonyl (C=O) groups is 1. The number of nitrogens with zero attached hydrogens (tertiary/aromatic N) is 2. The van der Waals surface area contributed by atoms with E-state index in [-0.39, 0.29) is 18.4 Å². The highest BCUT2D eigenvalue weighted by molar-refractivity contribution is 5.91. The standard InChI is InChI=1S/C18H28N2O5/c1-2-24-17-4-3-16(25-17)18(22)20-11-14(9-15(12-20)13-21)10-19-5-7-23-8-6-19/h3-4,14-15,21H,2,5-13H2,1H3/t14-,15-/m1/s1. The van der Waals surface area contributed by atoms with E-state index in [1.54, 1.807) is 12.1 Å². The molecule has 0 spiro atoms. The fraction of sp³-hybridized carbons (Fsp3) is 0.722. The highest BCUT2D eigenvalue weighted by Gasteiger charge is 2.32. The van der Waals surface area contributed by atoms with Crippen LogP contribution < -0.4 is 4.74 Å². The zero-order chi connectivity index (χ0) is 17.6. The van der Waals surface area contributed by atoms with Crippen LogP contribution in [-0.4, -0.2) is 80.0 Å². The summed E-state index contributed by atoms with van der Waals surface area (Å²) in [5.41, 5.74) is 0. The van der Waals surface area contributed by atoms with E-state index in [2.05, 4.69) is 4.90 Å². The number of amides is 1. The molecule has 0 aliphatic carbocycles. The summed E-state index contributed by atoms with van der Waals surface area (Å²) < 4.78 is 16.2. The van der Waals surface area contributed by atoms with Gasteiger partial charge in [0.1, 0.15) is 0 Å². The Kier molecular flexibility index (Phi) is 6.34. The normalized spacial score (nSPS) is 25.1. The van der Waals surface area contributed by atoms with Gasteiger partial charge in [0.25, 0.3) is 11.9 Å². The molecule has 140 valence electrons. The number of aliphatic hydroxyl groups excluding tert-OH is 1. The maximum atomic E-state index is 12.8. The van der Waals surface area contributed by atoms with Gasteiger partial charge < -0.3 is 23.9 Å². The second kappa shape index (κ2) is 8.69. The number of aliphatic hydroxyl groups is 1. The lowest BCUT2D eigenvalue weighted by Crippen LogP contribution is -2.49. The minimum atomic E-state index is -0.129. The van der Waals surface area contributed by atoms with E-state index in [0.717, 1.165) is 39.3 Å². The van der Waals surface area contributed by atoms with Crippen molar-refractivity contribution in [2.75, 3.05) is 59.2 Å². The van der Waals surface area contributed by atoms with Crippen LogP contribution >= 0.6 is 0 Å². The van der Waals surface area contributed by atoms with E-state index in [4.69, 9.17) is 13.9 Å². The minimum Gasteiger partial charge on any atom is -0.465 e. The van der Waals surface area contributed by atoms with Gasteiger partial charge in [0.05, 0.1) is 19.8 Å². The highest BCUT2D eigenvalue weighted by atomic mass is 16.6. The number of rotatable bonds is 6. The molecule has 0 saturated carbocycles. The molecule has 25 heavy (non-hydrogen) atoms. The molecule has 7 nitrogen and oxygen atoms in total. The summed E-state index contributed by atoms with van der Waals surface area (Å²) in [4.78, 5) is 17.0. The molecule has 3 rings (SSSR count). The molecule has 0 bridgehead atoms. The number of ether oxygens (including phenoxy) is 2. The molecular weight excluding hydrogens is 324 g/mol. The summed E-state index contributed by atoms with van der Waals surface area (Å²) in [5, 5.41) is 9.64. The Morgan fingerprint density at radius 1 is 1.28 bits per heavy atom. The number of hydrogen-bond donors (Lipinski definition) is 1. The van der Waals surface area contributed by atoms with Crippen molar-refractivity contribution in [3.8, 4) is 5.95 Å². The first-order chi connectivity index (χ1) is 12.2. The molecule has 2 saturated heterocycles. The molecule has 7 heteroatoms. The maximum Gasteiger partial charge on any atom is 0.289 e. The lowest BCUT2D eigenvalue weighted by molar-refractivity contribution is 0.0123. The van der Waals surface area contributed by atoms with E-state index >= 15 is 0 Å². The molecule has 1 aromatic heterocycles. The molecule has 1 amide bonds. The van der Waals surface area contributed by atoms with Gasteiger partial charge in [-0.3, -0.25) is 9.69 Å². The van der Waals surface area contributed by atoms with Crippen molar-refractivity contribution in [3.05, 3.63) is 17.9 Å². The Balaban J connectivity index is 1.63. The maximum absolute atomic E-state index is 12.8. The predicted molar refractivity (Wildman–Crippen MR) is 91.7 cm³/mol. The van der Waals surface area contributed by atoms with Gasteiger partial charge in [0, 0.05) is 45.4 Å². The fourth-order valence-corrected chi connectivity index (χ4v) is 3.71. The van der Waals surface area contributed by atoms with E-state index in [1.165, 1.54) is 0 Å². The van der Waals surface area contributed by atoms with Crippen molar-refractivity contribution in [2.24, 2.45) is 11.8 Å². The summed E-state index contributed by atoms with van der Waals surface area (Å²) in [7, 11) is 0. The van der Waals surface area contributed by atoms with Gasteiger partial charge in [-0.15, -0.1) is 0 Å². The molecule has 3 heterocycles. The molecule has 1 aromatic rings. The summed E-state index contributed by atoms with van der Waals surface area (Å²) in [6.45, 7) is 8.08. The Morgan fingerprint density at radius 3 is 2.76 bits per heavy atom. The number of furan rings is 1. The average molecular weight is 352 g/mol. The third-order valence-electron chi connectivity index (χ3n) is 4.87. The van der Waals surface area contributed by atoms with Crippen molar-refractivity contribution in [2.45, 2.75) is 13.3 Å². The van der Waals surface area contributed by atoms with Gasteiger partial charge in [-0.1, -0.05) is 0 Å². The van der Waals surface area contributed by atoms with Crippen LogP contribution in [0.15, 0.2) is 16.5 Å². The summed E-state index contributed by atoms with van der Waals surface area (Å²) in [6.07, 6.45) is 0.944. The molecule has 2 fully saturated rings. The number of carbonyl (C=O) groups excluding carboxylic acids is 1. The van der Waals surface area contributed by atoms with Crippen LogP contribution in [0.3, 0.4) is 0 Å². The number of piperidine rings is 1. The van der Waals surface area contributed by atoms with Crippen LogP contribution in [0.25, 0.3) is 0 Å². The van der Waals surface area contributed by atoms with Gasteiger partial charge >= 0.3 is 0 Å². The van der Waals surface area contributed by atoms with Crippen molar-refractivity contribution < 1.29 is 23.8 Å².